The van der Waals surface area contributed by atoms with Gasteiger partial charge in [-0.1, -0.05) is 38.1 Å². The molecule has 0 radical (unpaired) electrons. The van der Waals surface area contributed by atoms with Crippen molar-refractivity contribution in [1.29, 1.82) is 0 Å². The Morgan fingerprint density at radius 2 is 1.42 bits per heavy atom. The number of aromatic nitrogens is 4. The smallest absolute Gasteiger partial charge is 0.123 e. The van der Waals surface area contributed by atoms with Crippen LogP contribution in [0.25, 0.3) is 11.3 Å². The van der Waals surface area contributed by atoms with Gasteiger partial charge in [0.2, 0.25) is 0 Å². The first-order valence-electron chi connectivity index (χ1n) is 14.2. The van der Waals surface area contributed by atoms with Crippen LogP contribution < -0.4 is 10.6 Å². The zero-order chi connectivity index (χ0) is 24.1. The van der Waals surface area contributed by atoms with Crippen LogP contribution in [0.2, 0.25) is 0 Å². The fraction of sp³-hybridized carbons (Fsp3) is 0.600. The molecular formula is C30H38N6. The van der Waals surface area contributed by atoms with Crippen molar-refractivity contribution in [2.75, 3.05) is 0 Å². The van der Waals surface area contributed by atoms with Gasteiger partial charge in [0, 0.05) is 23.7 Å². The number of H-pyrrole nitrogens is 2. The third kappa shape index (κ3) is 3.52. The Labute approximate surface area is 213 Å². The van der Waals surface area contributed by atoms with E-state index in [1.54, 1.807) is 0 Å². The number of nitrogens with one attached hydrogen (secondary N) is 4. The minimum Gasteiger partial charge on any atom is -0.347 e. The number of piperidine rings is 2. The number of hydrogen-bond acceptors (Lipinski definition) is 4. The normalized spacial score (nSPS) is 40.7. The second kappa shape index (κ2) is 7.55. The summed E-state index contributed by atoms with van der Waals surface area (Å²) in [5.74, 6) is 4.03. The molecule has 5 fully saturated rings. The Hall–Kier alpha value is -2.44. The predicted octanol–water partition coefficient (Wildman–Crippen LogP) is 5.44. The third-order valence-electron chi connectivity index (χ3n) is 10.6. The Kier molecular flexibility index (Phi) is 4.53. The predicted molar refractivity (Wildman–Crippen MR) is 141 cm³/mol. The number of aromatic amines is 2. The van der Waals surface area contributed by atoms with Crippen molar-refractivity contribution >= 4 is 0 Å². The largest absolute Gasteiger partial charge is 0.347 e. The molecular weight excluding hydrogens is 444 g/mol. The Morgan fingerprint density at radius 1 is 0.778 bits per heavy atom. The molecule has 3 aromatic rings. The molecule has 3 saturated carbocycles. The molecule has 5 aliphatic rings. The summed E-state index contributed by atoms with van der Waals surface area (Å²) in [4.78, 5) is 16.9. The number of imidazole rings is 2. The average molecular weight is 483 g/mol. The molecule has 6 heteroatoms. The lowest BCUT2D eigenvalue weighted by Gasteiger charge is -2.43. The molecule has 0 amide bonds. The first-order chi connectivity index (χ1) is 17.5. The molecule has 1 aromatic carbocycles. The van der Waals surface area contributed by atoms with Crippen molar-refractivity contribution in [3.05, 3.63) is 59.6 Å². The zero-order valence-electron chi connectivity index (χ0n) is 21.5. The van der Waals surface area contributed by atoms with Crippen molar-refractivity contribution in [2.45, 2.75) is 100 Å². The van der Waals surface area contributed by atoms with Gasteiger partial charge in [-0.25, -0.2) is 9.97 Å². The number of fused-ring (bicyclic) bond motifs is 2. The molecule has 2 saturated heterocycles. The molecule has 6 nitrogen and oxygen atoms in total. The topological polar surface area (TPSA) is 81.4 Å². The highest BCUT2D eigenvalue weighted by Crippen LogP contribution is 2.49. The Morgan fingerprint density at radius 3 is 2.06 bits per heavy atom. The van der Waals surface area contributed by atoms with E-state index in [9.17, 15) is 0 Å². The van der Waals surface area contributed by atoms with Crippen LogP contribution in [0.1, 0.15) is 100 Å². The van der Waals surface area contributed by atoms with Crippen LogP contribution in [0, 0.1) is 11.8 Å². The fourth-order valence-electron chi connectivity index (χ4n) is 7.50. The van der Waals surface area contributed by atoms with E-state index in [-0.39, 0.29) is 10.8 Å². The zero-order valence-corrected chi connectivity index (χ0v) is 21.5. The van der Waals surface area contributed by atoms with Gasteiger partial charge in [0.1, 0.15) is 11.6 Å². The fourth-order valence-corrected chi connectivity index (χ4v) is 7.50. The van der Waals surface area contributed by atoms with E-state index in [0.717, 1.165) is 41.3 Å². The van der Waals surface area contributed by atoms with Crippen LogP contribution in [0.5, 0.6) is 0 Å². The molecule has 8 rings (SSSR count). The first kappa shape index (κ1) is 21.6. The Balaban J connectivity index is 0.940. The summed E-state index contributed by atoms with van der Waals surface area (Å²) in [6.45, 7) is 4.88. The molecule has 2 aromatic heterocycles. The second-order valence-electron chi connectivity index (χ2n) is 13.2. The maximum atomic E-state index is 5.11. The molecule has 3 aliphatic carbocycles. The van der Waals surface area contributed by atoms with E-state index in [2.05, 4.69) is 64.9 Å². The van der Waals surface area contributed by atoms with Crippen molar-refractivity contribution in [3.8, 4) is 11.3 Å². The summed E-state index contributed by atoms with van der Waals surface area (Å²) < 4.78 is 0. The highest BCUT2D eigenvalue weighted by atomic mass is 15.1. The van der Waals surface area contributed by atoms with Crippen molar-refractivity contribution in [2.24, 2.45) is 11.8 Å². The lowest BCUT2D eigenvalue weighted by Crippen LogP contribution is -2.36. The molecule has 4 heterocycles. The van der Waals surface area contributed by atoms with Crippen LogP contribution in [-0.2, 0) is 10.8 Å². The van der Waals surface area contributed by atoms with Gasteiger partial charge >= 0.3 is 0 Å². The summed E-state index contributed by atoms with van der Waals surface area (Å²) >= 11 is 0. The molecule has 0 bridgehead atoms. The van der Waals surface area contributed by atoms with Crippen LogP contribution in [0.15, 0.2) is 36.7 Å². The van der Waals surface area contributed by atoms with E-state index in [1.807, 2.05) is 6.20 Å². The van der Waals surface area contributed by atoms with Gasteiger partial charge < -0.3 is 20.6 Å². The van der Waals surface area contributed by atoms with Crippen molar-refractivity contribution < 1.29 is 0 Å². The lowest BCUT2D eigenvalue weighted by molar-refractivity contribution is 0.220. The lowest BCUT2D eigenvalue weighted by atomic mass is 9.62. The minimum absolute atomic E-state index is 0.164. The molecule has 6 atom stereocenters. The van der Waals surface area contributed by atoms with E-state index in [0.29, 0.717) is 12.1 Å². The SMILES string of the molecule is CC1(c2ccc(-c3cnc([C@@H]4C[C@H]5C[C@H]5N4)[nH]3)cc2)CCC(C)(c2c[nH]c([C@@H]3C[C@H]4C[C@H]4N3)n2)CC1. The van der Waals surface area contributed by atoms with Gasteiger partial charge in [-0.2, -0.15) is 0 Å². The molecule has 4 N–H and O–H groups in total. The van der Waals surface area contributed by atoms with Crippen LogP contribution in [0.4, 0.5) is 0 Å². The van der Waals surface area contributed by atoms with Crippen LogP contribution >= 0.6 is 0 Å². The summed E-state index contributed by atoms with van der Waals surface area (Å²) in [6, 6.07) is 11.6. The number of benzene rings is 1. The third-order valence-corrected chi connectivity index (χ3v) is 10.6. The number of hydrogen-bond donors (Lipinski definition) is 4. The summed E-state index contributed by atoms with van der Waals surface area (Å²) in [6.07, 6.45) is 14.1. The van der Waals surface area contributed by atoms with Crippen molar-refractivity contribution in [1.82, 2.24) is 30.6 Å². The molecule has 0 spiro atoms. The van der Waals surface area contributed by atoms with Gasteiger partial charge in [0.25, 0.3) is 0 Å². The molecule has 188 valence electrons. The van der Waals surface area contributed by atoms with Gasteiger partial charge in [-0.05, 0) is 79.7 Å². The molecule has 2 aliphatic heterocycles. The number of rotatable bonds is 5. The monoisotopic (exact) mass is 482 g/mol. The maximum Gasteiger partial charge on any atom is 0.123 e. The summed E-state index contributed by atoms with van der Waals surface area (Å²) in [5, 5.41) is 7.44. The quantitative estimate of drug-likeness (QED) is 0.391. The van der Waals surface area contributed by atoms with Gasteiger partial charge in [0.05, 0.1) is 29.7 Å². The van der Waals surface area contributed by atoms with Gasteiger partial charge in [-0.3, -0.25) is 0 Å². The maximum absolute atomic E-state index is 5.11. The Bertz CT molecular complexity index is 1260. The van der Waals surface area contributed by atoms with E-state index >= 15 is 0 Å². The first-order valence-corrected chi connectivity index (χ1v) is 14.2. The minimum atomic E-state index is 0.164. The van der Waals surface area contributed by atoms with E-state index in [1.165, 1.54) is 68.2 Å². The summed E-state index contributed by atoms with van der Waals surface area (Å²) in [5.41, 5.74) is 5.47. The summed E-state index contributed by atoms with van der Waals surface area (Å²) in [7, 11) is 0. The van der Waals surface area contributed by atoms with Crippen LogP contribution in [-0.4, -0.2) is 32.0 Å². The van der Waals surface area contributed by atoms with Crippen molar-refractivity contribution in [3.63, 3.8) is 0 Å². The average Bonchev–Trinajstić information content (AvgIpc) is 3.47. The van der Waals surface area contributed by atoms with Crippen LogP contribution in [0.3, 0.4) is 0 Å². The van der Waals surface area contributed by atoms with Gasteiger partial charge in [-0.15, -0.1) is 0 Å². The molecule has 36 heavy (non-hydrogen) atoms. The van der Waals surface area contributed by atoms with E-state index in [4.69, 9.17) is 9.97 Å². The van der Waals surface area contributed by atoms with Gasteiger partial charge in [0.15, 0.2) is 0 Å². The second-order valence-corrected chi connectivity index (χ2v) is 13.2. The molecule has 0 unspecified atom stereocenters. The standard InChI is InChI=1S/C30H38N6/c1-29(7-9-30(2,10-8-29)26-16-32-28(36-26)24-14-19-12-22(19)34-24)20-5-3-17(4-6-20)25-15-31-27(35-25)23-13-18-11-21(18)33-23/h3-6,15-16,18-19,21-24,33-34H,7-14H2,1-2H3,(H,31,35)(H,32,36)/t18-,19-,21-,22-,23+,24+,29?,30?/m1/s1. The van der Waals surface area contributed by atoms with E-state index < -0.39 is 0 Å². The highest BCUT2D eigenvalue weighted by molar-refractivity contribution is 5.59. The highest BCUT2D eigenvalue weighted by Gasteiger charge is 2.48. The number of nitrogens with zero attached hydrogens (tertiary/aromatic N) is 2.